The number of aryl methyl sites for hydroxylation is 1. The van der Waals surface area contributed by atoms with E-state index in [4.69, 9.17) is 4.74 Å². The second-order valence-corrected chi connectivity index (χ2v) is 6.56. The fourth-order valence-electron chi connectivity index (χ4n) is 2.08. The molecule has 0 aliphatic heterocycles. The Kier molecular flexibility index (Phi) is 6.39. The molecule has 2 unspecified atom stereocenters. The molecule has 3 nitrogen and oxygen atoms in total. The van der Waals surface area contributed by atoms with Gasteiger partial charge < -0.3 is 15.2 Å². The molecular weight excluding hydrogens is 282 g/mol. The molecule has 2 atom stereocenters. The first kappa shape index (κ1) is 16.2. The Morgan fingerprint density at radius 3 is 2.62 bits per heavy atom. The zero-order chi connectivity index (χ0) is 15.1. The van der Waals surface area contributed by atoms with Gasteiger partial charge in [-0.25, -0.2) is 0 Å². The summed E-state index contributed by atoms with van der Waals surface area (Å²) in [4.78, 5) is 2.60. The first-order chi connectivity index (χ1) is 10.1. The van der Waals surface area contributed by atoms with Gasteiger partial charge in [-0.2, -0.15) is 0 Å². The summed E-state index contributed by atoms with van der Waals surface area (Å²) >= 11 is 1.78. The summed E-state index contributed by atoms with van der Waals surface area (Å²) in [7, 11) is 0. The Morgan fingerprint density at radius 1 is 1.19 bits per heavy atom. The minimum absolute atomic E-state index is 0.000737. The number of hydrogen-bond donors (Lipinski definition) is 2. The zero-order valence-corrected chi connectivity index (χ0v) is 13.4. The van der Waals surface area contributed by atoms with Crippen LogP contribution >= 0.6 is 11.3 Å². The van der Waals surface area contributed by atoms with Gasteiger partial charge in [0.15, 0.2) is 0 Å². The van der Waals surface area contributed by atoms with Crippen LogP contribution in [-0.4, -0.2) is 24.4 Å². The summed E-state index contributed by atoms with van der Waals surface area (Å²) in [5, 5.41) is 13.2. The second kappa shape index (κ2) is 8.29. The third-order valence-corrected chi connectivity index (χ3v) is 4.28. The Hall–Kier alpha value is -1.20. The van der Waals surface area contributed by atoms with Gasteiger partial charge in [0.25, 0.3) is 0 Å². The van der Waals surface area contributed by atoms with Crippen LogP contribution in [0.5, 0.6) is 0 Å². The normalized spacial score (nSPS) is 14.0. The van der Waals surface area contributed by atoms with E-state index in [-0.39, 0.29) is 6.10 Å². The summed E-state index contributed by atoms with van der Waals surface area (Å²) in [6.07, 6.45) is -0.488. The van der Waals surface area contributed by atoms with Crippen molar-refractivity contribution in [3.63, 3.8) is 0 Å². The molecule has 0 aliphatic carbocycles. The molecule has 21 heavy (non-hydrogen) atoms. The Balaban J connectivity index is 1.64. The number of benzene rings is 1. The number of ether oxygens (including phenoxy) is 1. The smallest absolute Gasteiger partial charge is 0.0898 e. The van der Waals surface area contributed by atoms with Crippen molar-refractivity contribution < 1.29 is 9.84 Å². The highest BCUT2D eigenvalue weighted by atomic mass is 32.1. The molecule has 4 heteroatoms. The van der Waals surface area contributed by atoms with Gasteiger partial charge in [0.05, 0.1) is 18.8 Å². The van der Waals surface area contributed by atoms with E-state index in [1.54, 1.807) is 11.3 Å². The maximum absolute atomic E-state index is 9.94. The minimum atomic E-state index is -0.489. The van der Waals surface area contributed by atoms with Crippen molar-refractivity contribution in [3.05, 3.63) is 57.8 Å². The van der Waals surface area contributed by atoms with Crippen molar-refractivity contribution in [2.45, 2.75) is 32.6 Å². The molecule has 0 spiro atoms. The zero-order valence-electron chi connectivity index (χ0n) is 12.6. The molecule has 2 rings (SSSR count). The third-order valence-electron chi connectivity index (χ3n) is 3.28. The first-order valence-corrected chi connectivity index (χ1v) is 8.07. The van der Waals surface area contributed by atoms with Crippen molar-refractivity contribution in [2.75, 3.05) is 13.2 Å². The Morgan fingerprint density at radius 2 is 1.95 bits per heavy atom. The molecule has 0 amide bonds. The molecule has 1 aromatic heterocycles. The van der Waals surface area contributed by atoms with Crippen LogP contribution in [0.15, 0.2) is 42.5 Å². The van der Waals surface area contributed by atoms with E-state index in [1.165, 1.54) is 9.75 Å². The lowest BCUT2D eigenvalue weighted by Crippen LogP contribution is -2.30. The molecule has 0 saturated heterocycles. The van der Waals surface area contributed by atoms with E-state index in [9.17, 15) is 5.11 Å². The van der Waals surface area contributed by atoms with Crippen LogP contribution in [-0.2, 0) is 11.3 Å². The summed E-state index contributed by atoms with van der Waals surface area (Å²) in [6.45, 7) is 5.78. The van der Waals surface area contributed by atoms with Crippen molar-refractivity contribution >= 4 is 11.3 Å². The van der Waals surface area contributed by atoms with Crippen molar-refractivity contribution in [1.82, 2.24) is 5.32 Å². The SMILES string of the molecule is Cc1ccc(CNCC(O)COC(C)c2ccccc2)s1. The van der Waals surface area contributed by atoms with Gasteiger partial charge >= 0.3 is 0 Å². The molecule has 1 aromatic carbocycles. The van der Waals surface area contributed by atoms with Gasteiger partial charge in [-0.05, 0) is 31.5 Å². The number of thiophene rings is 1. The summed E-state index contributed by atoms with van der Waals surface area (Å²) in [5.41, 5.74) is 1.13. The number of aliphatic hydroxyl groups excluding tert-OH is 1. The number of rotatable bonds is 8. The predicted octanol–water partition coefficient (Wildman–Crippen LogP) is 3.28. The van der Waals surface area contributed by atoms with E-state index < -0.39 is 6.10 Å². The number of aliphatic hydroxyl groups is 1. The lowest BCUT2D eigenvalue weighted by Gasteiger charge is -2.17. The van der Waals surface area contributed by atoms with Crippen LogP contribution < -0.4 is 5.32 Å². The molecule has 0 aliphatic rings. The van der Waals surface area contributed by atoms with Crippen LogP contribution in [0.3, 0.4) is 0 Å². The monoisotopic (exact) mass is 305 g/mol. The molecule has 2 N–H and O–H groups in total. The minimum Gasteiger partial charge on any atom is -0.389 e. The topological polar surface area (TPSA) is 41.5 Å². The van der Waals surface area contributed by atoms with Gasteiger partial charge in [0.1, 0.15) is 0 Å². The maximum atomic E-state index is 9.94. The van der Waals surface area contributed by atoms with E-state index in [2.05, 4.69) is 24.4 Å². The molecule has 1 heterocycles. The first-order valence-electron chi connectivity index (χ1n) is 7.26. The standard InChI is InChI=1S/C17H23NO2S/c1-13-8-9-17(21-13)11-18-10-16(19)12-20-14(2)15-6-4-3-5-7-15/h3-9,14,16,18-19H,10-12H2,1-2H3. The second-order valence-electron chi connectivity index (χ2n) is 5.18. The van der Waals surface area contributed by atoms with E-state index in [1.807, 2.05) is 37.3 Å². The van der Waals surface area contributed by atoms with Crippen molar-refractivity contribution in [3.8, 4) is 0 Å². The van der Waals surface area contributed by atoms with E-state index in [0.29, 0.717) is 13.2 Å². The highest BCUT2D eigenvalue weighted by Gasteiger charge is 2.09. The van der Waals surface area contributed by atoms with Gasteiger partial charge in [0.2, 0.25) is 0 Å². The molecule has 114 valence electrons. The highest BCUT2D eigenvalue weighted by molar-refractivity contribution is 7.11. The fraction of sp³-hybridized carbons (Fsp3) is 0.412. The van der Waals surface area contributed by atoms with Gasteiger partial charge in [0, 0.05) is 22.8 Å². The highest BCUT2D eigenvalue weighted by Crippen LogP contribution is 2.16. The number of hydrogen-bond acceptors (Lipinski definition) is 4. The quantitative estimate of drug-likeness (QED) is 0.786. The average Bonchev–Trinajstić information content (AvgIpc) is 2.91. The number of nitrogens with one attached hydrogen (secondary N) is 1. The average molecular weight is 305 g/mol. The largest absolute Gasteiger partial charge is 0.389 e. The van der Waals surface area contributed by atoms with E-state index >= 15 is 0 Å². The molecule has 0 fully saturated rings. The van der Waals surface area contributed by atoms with Crippen LogP contribution in [0.4, 0.5) is 0 Å². The molecule has 0 saturated carbocycles. The molecule has 2 aromatic rings. The summed E-state index contributed by atoms with van der Waals surface area (Å²) in [5.74, 6) is 0. The third kappa shape index (κ3) is 5.59. The van der Waals surface area contributed by atoms with Crippen LogP contribution in [0, 0.1) is 6.92 Å². The Labute approximate surface area is 130 Å². The lowest BCUT2D eigenvalue weighted by molar-refractivity contribution is -0.00210. The Bertz CT molecular complexity index is 527. The van der Waals surface area contributed by atoms with Crippen molar-refractivity contribution in [1.29, 1.82) is 0 Å². The van der Waals surface area contributed by atoms with Crippen LogP contribution in [0.2, 0.25) is 0 Å². The molecule has 0 bridgehead atoms. The summed E-state index contributed by atoms with van der Waals surface area (Å²) in [6, 6.07) is 14.3. The lowest BCUT2D eigenvalue weighted by atomic mass is 10.1. The molecular formula is C17H23NO2S. The van der Waals surface area contributed by atoms with Gasteiger partial charge in [-0.1, -0.05) is 30.3 Å². The molecule has 0 radical (unpaired) electrons. The van der Waals surface area contributed by atoms with Crippen LogP contribution in [0.25, 0.3) is 0 Å². The van der Waals surface area contributed by atoms with Crippen molar-refractivity contribution in [2.24, 2.45) is 0 Å². The van der Waals surface area contributed by atoms with Crippen LogP contribution in [0.1, 0.15) is 28.3 Å². The fourth-order valence-corrected chi connectivity index (χ4v) is 2.94. The maximum Gasteiger partial charge on any atom is 0.0898 e. The van der Waals surface area contributed by atoms with Gasteiger partial charge in [-0.15, -0.1) is 11.3 Å². The van der Waals surface area contributed by atoms with Gasteiger partial charge in [-0.3, -0.25) is 0 Å². The van der Waals surface area contributed by atoms with E-state index in [0.717, 1.165) is 12.1 Å². The summed E-state index contributed by atoms with van der Waals surface area (Å²) < 4.78 is 5.71. The predicted molar refractivity (Wildman–Crippen MR) is 87.6 cm³/mol.